The first-order valence-electron chi connectivity index (χ1n) is 6.56. The predicted octanol–water partition coefficient (Wildman–Crippen LogP) is 4.38. The molecule has 0 bridgehead atoms. The molecule has 0 amide bonds. The lowest BCUT2D eigenvalue weighted by Crippen LogP contribution is -2.09. The van der Waals surface area contributed by atoms with Crippen molar-refractivity contribution < 1.29 is 9.21 Å². The Balaban J connectivity index is 2.04. The molecule has 4 heteroatoms. The molecule has 0 saturated carbocycles. The van der Waals surface area contributed by atoms with Crippen molar-refractivity contribution in [2.75, 3.05) is 19.0 Å². The van der Waals surface area contributed by atoms with Crippen LogP contribution in [0.3, 0.4) is 0 Å². The first-order valence-corrected chi connectivity index (χ1v) is 6.94. The molecule has 2 aromatic carbocycles. The van der Waals surface area contributed by atoms with Crippen LogP contribution in [0.1, 0.15) is 16.1 Å². The zero-order valence-electron chi connectivity index (χ0n) is 11.8. The highest BCUT2D eigenvalue weighted by Gasteiger charge is 2.16. The minimum absolute atomic E-state index is 0.147. The highest BCUT2D eigenvalue weighted by molar-refractivity contribution is 6.35. The van der Waals surface area contributed by atoms with E-state index in [4.69, 9.17) is 16.0 Å². The Kier molecular flexibility index (Phi) is 3.43. The van der Waals surface area contributed by atoms with Crippen LogP contribution in [0.5, 0.6) is 0 Å². The summed E-state index contributed by atoms with van der Waals surface area (Å²) >= 11 is 6.08. The number of anilines is 1. The van der Waals surface area contributed by atoms with Gasteiger partial charge < -0.3 is 9.32 Å². The van der Waals surface area contributed by atoms with Crippen molar-refractivity contribution in [2.24, 2.45) is 0 Å². The van der Waals surface area contributed by atoms with E-state index in [1.54, 1.807) is 18.2 Å². The van der Waals surface area contributed by atoms with Crippen molar-refractivity contribution in [2.45, 2.75) is 0 Å². The van der Waals surface area contributed by atoms with Gasteiger partial charge in [0.25, 0.3) is 0 Å². The van der Waals surface area contributed by atoms with Crippen molar-refractivity contribution in [3.05, 3.63) is 64.9 Å². The van der Waals surface area contributed by atoms with Crippen LogP contribution in [0.2, 0.25) is 5.02 Å². The maximum Gasteiger partial charge on any atom is 0.228 e. The number of halogens is 1. The Bertz CT molecular complexity index is 821. The van der Waals surface area contributed by atoms with Gasteiger partial charge in [0.05, 0.1) is 5.02 Å². The average Bonchev–Trinajstić information content (AvgIpc) is 2.92. The van der Waals surface area contributed by atoms with E-state index >= 15 is 0 Å². The van der Waals surface area contributed by atoms with Crippen LogP contribution in [0.15, 0.2) is 52.9 Å². The third-order valence-corrected chi connectivity index (χ3v) is 3.64. The monoisotopic (exact) mass is 299 g/mol. The van der Waals surface area contributed by atoms with Crippen molar-refractivity contribution in [1.29, 1.82) is 0 Å². The van der Waals surface area contributed by atoms with Gasteiger partial charge in [0, 0.05) is 30.7 Å². The van der Waals surface area contributed by atoms with Crippen LogP contribution < -0.4 is 4.90 Å². The lowest BCUT2D eigenvalue weighted by molar-refractivity contribution is 0.101. The minimum atomic E-state index is -0.147. The van der Waals surface area contributed by atoms with Crippen molar-refractivity contribution >= 4 is 34.0 Å². The van der Waals surface area contributed by atoms with Gasteiger partial charge in [0.2, 0.25) is 5.78 Å². The van der Waals surface area contributed by atoms with Crippen molar-refractivity contribution in [1.82, 2.24) is 0 Å². The van der Waals surface area contributed by atoms with E-state index in [1.165, 1.54) is 0 Å². The van der Waals surface area contributed by atoms with Gasteiger partial charge in [-0.1, -0.05) is 35.9 Å². The zero-order valence-corrected chi connectivity index (χ0v) is 12.5. The summed E-state index contributed by atoms with van der Waals surface area (Å²) in [6.07, 6.45) is 0. The second-order valence-electron chi connectivity index (χ2n) is 5.04. The molecule has 0 N–H and O–H groups in total. The number of hydrogen-bond acceptors (Lipinski definition) is 3. The molecule has 0 atom stereocenters. The maximum absolute atomic E-state index is 12.5. The number of para-hydroxylation sites is 1. The van der Waals surface area contributed by atoms with Gasteiger partial charge in [-0.3, -0.25) is 4.79 Å². The summed E-state index contributed by atoms with van der Waals surface area (Å²) in [7, 11) is 3.87. The molecule has 1 heterocycles. The molecule has 21 heavy (non-hydrogen) atoms. The highest BCUT2D eigenvalue weighted by atomic mass is 35.5. The van der Waals surface area contributed by atoms with Gasteiger partial charge in [-0.2, -0.15) is 0 Å². The molecule has 1 aromatic heterocycles. The van der Waals surface area contributed by atoms with Crippen LogP contribution in [0.25, 0.3) is 11.0 Å². The highest BCUT2D eigenvalue weighted by Crippen LogP contribution is 2.28. The Morgan fingerprint density at radius 1 is 1.10 bits per heavy atom. The number of nitrogens with zero attached hydrogens (tertiary/aromatic N) is 1. The molecule has 0 unspecified atom stereocenters. The molecule has 0 saturated heterocycles. The number of benzene rings is 2. The van der Waals surface area contributed by atoms with Crippen LogP contribution >= 0.6 is 11.6 Å². The van der Waals surface area contributed by atoms with Crippen molar-refractivity contribution in [3.63, 3.8) is 0 Å². The fourth-order valence-electron chi connectivity index (χ4n) is 2.21. The molecule has 0 fully saturated rings. The third-order valence-electron chi connectivity index (χ3n) is 3.34. The zero-order chi connectivity index (χ0) is 15.0. The summed E-state index contributed by atoms with van der Waals surface area (Å²) < 4.78 is 5.62. The van der Waals surface area contributed by atoms with Gasteiger partial charge in [-0.05, 0) is 24.3 Å². The largest absolute Gasteiger partial charge is 0.451 e. The molecule has 0 spiro atoms. The number of rotatable bonds is 3. The summed E-state index contributed by atoms with van der Waals surface area (Å²) in [5, 5.41) is 1.34. The third kappa shape index (κ3) is 2.52. The number of carbonyl (C=O) groups is 1. The lowest BCUT2D eigenvalue weighted by Gasteiger charge is -2.12. The van der Waals surface area contributed by atoms with E-state index in [9.17, 15) is 4.79 Å². The van der Waals surface area contributed by atoms with E-state index < -0.39 is 0 Å². The molecule has 3 nitrogen and oxygen atoms in total. The number of furan rings is 1. The van der Waals surface area contributed by atoms with Crippen molar-refractivity contribution in [3.8, 4) is 0 Å². The molecule has 0 aliphatic rings. The second-order valence-corrected chi connectivity index (χ2v) is 5.45. The second kappa shape index (κ2) is 5.26. The van der Waals surface area contributed by atoms with Crippen LogP contribution in [-0.4, -0.2) is 19.9 Å². The normalized spacial score (nSPS) is 10.8. The lowest BCUT2D eigenvalue weighted by atomic mass is 10.1. The first-order chi connectivity index (χ1) is 10.1. The summed E-state index contributed by atoms with van der Waals surface area (Å²) in [5.41, 5.74) is 2.11. The maximum atomic E-state index is 12.5. The average molecular weight is 300 g/mol. The van der Waals surface area contributed by atoms with E-state index in [0.717, 1.165) is 11.1 Å². The fraction of sp³-hybridized carbons (Fsp3) is 0.118. The topological polar surface area (TPSA) is 33.5 Å². The van der Waals surface area contributed by atoms with E-state index in [-0.39, 0.29) is 5.78 Å². The van der Waals surface area contributed by atoms with E-state index in [0.29, 0.717) is 21.9 Å². The summed E-state index contributed by atoms with van der Waals surface area (Å²) in [6.45, 7) is 0. The Labute approximate surface area is 127 Å². The van der Waals surface area contributed by atoms with Gasteiger partial charge in [0.15, 0.2) is 11.3 Å². The van der Waals surface area contributed by atoms with Gasteiger partial charge >= 0.3 is 0 Å². The fourth-order valence-corrected chi connectivity index (χ4v) is 2.43. The van der Waals surface area contributed by atoms with Crippen LogP contribution in [0, 0.1) is 0 Å². The molecule has 3 rings (SSSR count). The number of fused-ring (bicyclic) bond motifs is 1. The van der Waals surface area contributed by atoms with Gasteiger partial charge in [0.1, 0.15) is 0 Å². The van der Waals surface area contributed by atoms with Gasteiger partial charge in [-0.15, -0.1) is 0 Å². The Morgan fingerprint density at radius 2 is 1.86 bits per heavy atom. The molecule has 0 aliphatic heterocycles. The SMILES string of the molecule is CN(C)c1cccc(C(=O)c2cc3cccc(Cl)c3o2)c1. The Hall–Kier alpha value is -2.26. The van der Waals surface area contributed by atoms with E-state index in [1.807, 2.05) is 49.3 Å². The first kappa shape index (κ1) is 13.7. The summed E-state index contributed by atoms with van der Waals surface area (Å²) in [6, 6.07) is 14.6. The molecule has 3 aromatic rings. The standard InChI is InChI=1S/C17H14ClNO2/c1-19(2)13-7-3-5-11(9-13)16(20)15-10-12-6-4-8-14(18)17(12)21-15/h3-10H,1-2H3. The molecular weight excluding hydrogens is 286 g/mol. The smallest absolute Gasteiger partial charge is 0.228 e. The predicted molar refractivity (Wildman–Crippen MR) is 85.4 cm³/mol. The number of carbonyl (C=O) groups excluding carboxylic acids is 1. The molecule has 106 valence electrons. The summed E-state index contributed by atoms with van der Waals surface area (Å²) in [5.74, 6) is 0.153. The molecule has 0 aliphatic carbocycles. The molecular formula is C17H14ClNO2. The molecule has 0 radical (unpaired) electrons. The van der Waals surface area contributed by atoms with Crippen LogP contribution in [0.4, 0.5) is 5.69 Å². The minimum Gasteiger partial charge on any atom is -0.451 e. The van der Waals surface area contributed by atoms with E-state index in [2.05, 4.69) is 0 Å². The quantitative estimate of drug-likeness (QED) is 0.673. The van der Waals surface area contributed by atoms with Crippen LogP contribution in [-0.2, 0) is 0 Å². The van der Waals surface area contributed by atoms with Gasteiger partial charge in [-0.25, -0.2) is 0 Å². The number of hydrogen-bond donors (Lipinski definition) is 0. The number of ketones is 1. The summed E-state index contributed by atoms with van der Waals surface area (Å²) in [4.78, 5) is 14.5. The Morgan fingerprint density at radius 3 is 2.57 bits per heavy atom.